The zero-order chi connectivity index (χ0) is 8.15. The molecule has 10 heavy (non-hydrogen) atoms. The van der Waals surface area contributed by atoms with Gasteiger partial charge in [0.25, 0.3) is 0 Å². The third-order valence-electron chi connectivity index (χ3n) is 0.953. The molecule has 0 spiro atoms. The van der Waals surface area contributed by atoms with Gasteiger partial charge in [0.05, 0.1) is 0 Å². The fourth-order valence-corrected chi connectivity index (χ4v) is 0.971. The molecule has 4 nitrogen and oxygen atoms in total. The van der Waals surface area contributed by atoms with Gasteiger partial charge in [-0.15, -0.1) is 0 Å². The minimum Gasteiger partial charge on any atom is -0.478 e. The molecule has 56 valence electrons. The minimum atomic E-state index is -1.20. The molecule has 0 aromatic carbocycles. The predicted octanol–water partition coefficient (Wildman–Crippen LogP) is -1.13. The second-order valence-corrected chi connectivity index (χ2v) is 2.37. The van der Waals surface area contributed by atoms with Crippen molar-refractivity contribution < 1.29 is 19.8 Å². The molecule has 0 rings (SSSR count). The van der Waals surface area contributed by atoms with Gasteiger partial charge in [-0.3, -0.25) is 0 Å². The second-order valence-electron chi connectivity index (χ2n) is 1.67. The van der Waals surface area contributed by atoms with Crippen LogP contribution in [0.5, 0.6) is 0 Å². The van der Waals surface area contributed by atoms with Gasteiger partial charge in [-0.05, 0) is 6.04 Å². The van der Waals surface area contributed by atoms with Crippen LogP contribution in [0.4, 0.5) is 0 Å². The summed E-state index contributed by atoms with van der Waals surface area (Å²) in [7, 11) is 0.663. The smallest absolute Gasteiger partial charge is 0.331 e. The molecule has 0 amide bonds. The van der Waals surface area contributed by atoms with Gasteiger partial charge in [0, 0.05) is 21.9 Å². The Hall–Kier alpha value is -1.10. The first-order valence-corrected chi connectivity index (χ1v) is 4.16. The lowest BCUT2D eigenvalue weighted by Gasteiger charge is -1.92. The highest BCUT2D eigenvalue weighted by Gasteiger charge is 2.05. The Balaban J connectivity index is 4.34. The highest BCUT2D eigenvalue weighted by Crippen LogP contribution is 1.97. The quantitative estimate of drug-likeness (QED) is 0.404. The van der Waals surface area contributed by atoms with E-state index in [-0.39, 0.29) is 5.57 Å². The number of carbonyl (C=O) groups is 2. The van der Waals surface area contributed by atoms with E-state index in [1.807, 2.05) is 0 Å². The molecule has 2 N–H and O–H groups in total. The maximum absolute atomic E-state index is 10.2. The van der Waals surface area contributed by atoms with E-state index in [1.54, 1.807) is 0 Å². The van der Waals surface area contributed by atoms with E-state index < -0.39 is 11.9 Å². The van der Waals surface area contributed by atoms with Crippen molar-refractivity contribution in [1.29, 1.82) is 0 Å². The molecule has 0 aliphatic heterocycles. The van der Waals surface area contributed by atoms with E-state index in [9.17, 15) is 9.59 Å². The fraction of sp³-hybridized carbons (Fsp3) is 0.200. The van der Waals surface area contributed by atoms with E-state index in [1.165, 1.54) is 0 Å². The van der Waals surface area contributed by atoms with Crippen molar-refractivity contribution in [3.05, 3.63) is 11.6 Å². The lowest BCUT2D eigenvalue weighted by atomic mass is 10.3. The summed E-state index contributed by atoms with van der Waals surface area (Å²) in [5, 5.41) is 16.5. The van der Waals surface area contributed by atoms with Gasteiger partial charge in [0.2, 0.25) is 0 Å². The van der Waals surface area contributed by atoms with Crippen molar-refractivity contribution in [2.75, 3.05) is 0 Å². The summed E-state index contributed by atoms with van der Waals surface area (Å²) in [4.78, 5) is 20.1. The second kappa shape index (κ2) is 3.83. The third-order valence-corrected chi connectivity index (χ3v) is 1.72. The number of hydrogen-bond donors (Lipinski definition) is 2. The summed E-state index contributed by atoms with van der Waals surface area (Å²) in [5.41, 5.74) is -0.0285. The molecule has 0 aliphatic carbocycles. The van der Waals surface area contributed by atoms with Crippen LogP contribution in [0.15, 0.2) is 11.6 Å². The zero-order valence-corrected chi connectivity index (χ0v) is 7.50. The Morgan fingerprint density at radius 2 is 1.90 bits per heavy atom. The summed E-state index contributed by atoms with van der Waals surface area (Å²) in [6, 6.07) is 0.363. The number of carboxylic acid groups (broad SMARTS) is 2. The summed E-state index contributed by atoms with van der Waals surface area (Å²) in [6.45, 7) is 0. The van der Waals surface area contributed by atoms with E-state index in [0.717, 1.165) is 6.08 Å². The van der Waals surface area contributed by atoms with Crippen molar-refractivity contribution in [1.82, 2.24) is 0 Å². The van der Waals surface area contributed by atoms with Crippen LogP contribution in [0.2, 0.25) is 6.04 Å². The highest BCUT2D eigenvalue weighted by atomic mass is 28.1. The van der Waals surface area contributed by atoms with Crippen LogP contribution in [0.25, 0.3) is 0 Å². The van der Waals surface area contributed by atoms with Crippen LogP contribution < -0.4 is 0 Å². The first kappa shape index (κ1) is 8.90. The molecule has 0 bridgehead atoms. The molecular weight excluding hydrogens is 152 g/mol. The molecule has 0 saturated carbocycles. The van der Waals surface area contributed by atoms with Crippen molar-refractivity contribution in [2.45, 2.75) is 6.04 Å². The third kappa shape index (κ3) is 3.03. The summed E-state index contributed by atoms with van der Waals surface area (Å²) >= 11 is 0. The van der Waals surface area contributed by atoms with E-state index >= 15 is 0 Å². The monoisotopic (exact) mass is 160 g/mol. The molecular formula is C5H8O4Si. The van der Waals surface area contributed by atoms with Crippen LogP contribution in [0, 0.1) is 0 Å². The number of carboxylic acids is 2. The molecule has 0 heterocycles. The first-order chi connectivity index (χ1) is 4.57. The Kier molecular flexibility index (Phi) is 3.41. The topological polar surface area (TPSA) is 74.6 Å². The standard InChI is InChI=1S/C5H8O4Si/c6-4(7)1-3(2-10)5(8)9/h1H,2H2,10H3,(H,6,7)(H,8,9)/b3-1-. The van der Waals surface area contributed by atoms with E-state index in [0.29, 0.717) is 16.3 Å². The van der Waals surface area contributed by atoms with E-state index in [4.69, 9.17) is 10.2 Å². The number of hydrogen-bond acceptors (Lipinski definition) is 2. The fourth-order valence-electron chi connectivity index (χ4n) is 0.464. The Morgan fingerprint density at radius 1 is 1.40 bits per heavy atom. The van der Waals surface area contributed by atoms with Gasteiger partial charge in [0.15, 0.2) is 0 Å². The van der Waals surface area contributed by atoms with Gasteiger partial charge in [-0.2, -0.15) is 0 Å². The van der Waals surface area contributed by atoms with Crippen molar-refractivity contribution in [2.24, 2.45) is 0 Å². The van der Waals surface area contributed by atoms with Gasteiger partial charge >= 0.3 is 11.9 Å². The molecule has 0 aliphatic rings. The maximum atomic E-state index is 10.2. The van der Waals surface area contributed by atoms with Gasteiger partial charge < -0.3 is 10.2 Å². The van der Waals surface area contributed by atoms with Crippen LogP contribution in [-0.2, 0) is 9.59 Å². The average Bonchev–Trinajstić information content (AvgIpc) is 1.81. The van der Waals surface area contributed by atoms with Crippen LogP contribution >= 0.6 is 0 Å². The van der Waals surface area contributed by atoms with Gasteiger partial charge in [-0.25, -0.2) is 9.59 Å². The SMILES string of the molecule is O=C(O)/C=C(/C[SiH3])C(=O)O. The van der Waals surface area contributed by atoms with Crippen LogP contribution in [0.3, 0.4) is 0 Å². The molecule has 0 aromatic heterocycles. The Morgan fingerprint density at radius 3 is 2.00 bits per heavy atom. The lowest BCUT2D eigenvalue weighted by molar-refractivity contribution is -0.135. The molecule has 0 aromatic rings. The van der Waals surface area contributed by atoms with Crippen molar-refractivity contribution in [3.8, 4) is 0 Å². The lowest BCUT2D eigenvalue weighted by Crippen LogP contribution is -2.03. The summed E-state index contributed by atoms with van der Waals surface area (Å²) < 4.78 is 0. The molecule has 0 unspecified atom stereocenters. The van der Waals surface area contributed by atoms with Crippen molar-refractivity contribution in [3.63, 3.8) is 0 Å². The normalized spacial score (nSPS) is 11.4. The average molecular weight is 160 g/mol. The molecule has 5 heteroatoms. The van der Waals surface area contributed by atoms with Gasteiger partial charge in [0.1, 0.15) is 0 Å². The number of rotatable bonds is 3. The van der Waals surface area contributed by atoms with E-state index in [2.05, 4.69) is 0 Å². The Bertz CT molecular complexity index is 184. The first-order valence-electron chi connectivity index (χ1n) is 2.74. The van der Waals surface area contributed by atoms with Crippen LogP contribution in [0.1, 0.15) is 0 Å². The summed E-state index contributed by atoms with van der Waals surface area (Å²) in [5.74, 6) is -2.34. The summed E-state index contributed by atoms with van der Waals surface area (Å²) in [6.07, 6.45) is 0.731. The predicted molar refractivity (Wildman–Crippen MR) is 38.1 cm³/mol. The number of aliphatic carboxylic acids is 2. The van der Waals surface area contributed by atoms with Crippen molar-refractivity contribution >= 4 is 22.2 Å². The highest BCUT2D eigenvalue weighted by molar-refractivity contribution is 6.15. The molecule has 0 saturated heterocycles. The minimum absolute atomic E-state index is 0.0285. The maximum Gasteiger partial charge on any atom is 0.331 e. The Labute approximate surface area is 60.6 Å². The largest absolute Gasteiger partial charge is 0.478 e. The molecule has 0 atom stereocenters. The van der Waals surface area contributed by atoms with Gasteiger partial charge in [-0.1, -0.05) is 0 Å². The van der Waals surface area contributed by atoms with Crippen LogP contribution in [-0.4, -0.2) is 32.4 Å². The zero-order valence-electron chi connectivity index (χ0n) is 5.50. The molecule has 0 fully saturated rings. The molecule has 0 radical (unpaired) electrons.